The molecule has 0 aliphatic heterocycles. The number of amides is 1. The van der Waals surface area contributed by atoms with Crippen molar-refractivity contribution in [1.82, 2.24) is 24.8 Å². The van der Waals surface area contributed by atoms with E-state index in [-0.39, 0.29) is 29.2 Å². The van der Waals surface area contributed by atoms with Gasteiger partial charge in [-0.1, -0.05) is 11.3 Å². The molecule has 34 heavy (non-hydrogen) atoms. The summed E-state index contributed by atoms with van der Waals surface area (Å²) in [7, 11) is 2.94. The van der Waals surface area contributed by atoms with Gasteiger partial charge in [0.1, 0.15) is 6.10 Å². The number of alkyl halides is 2. The number of carbonyl (C=O) groups is 1. The number of nitrogens with zero attached hydrogens (tertiary/aromatic N) is 4. The van der Waals surface area contributed by atoms with E-state index in [0.29, 0.717) is 4.88 Å². The normalized spacial score (nSPS) is 27.4. The van der Waals surface area contributed by atoms with Gasteiger partial charge >= 0.3 is 0 Å². The number of thiophene rings is 1. The third kappa shape index (κ3) is 3.17. The van der Waals surface area contributed by atoms with E-state index in [1.165, 1.54) is 26.2 Å². The van der Waals surface area contributed by atoms with Gasteiger partial charge in [-0.3, -0.25) is 4.79 Å². The standard InChI is InChI=1S/C21H19F3N6O3S/c1-25-17-12-18(28-11(27-17)6-4-8-3-5-10(22)34-8)30(19(29-12)16(23)24)13-9-7-21(9,20(33)26-2)15(32)14(13)31/h3,5,9,13-16,31-32H,7H2,1-2H3,(H,26,33)(H,25,27,28). The van der Waals surface area contributed by atoms with Gasteiger partial charge in [-0.2, -0.15) is 4.39 Å². The number of aliphatic hydroxyl groups is 2. The Bertz CT molecular complexity index is 1360. The molecular formula is C21H19F3N6O3S. The molecule has 0 radical (unpaired) electrons. The third-order valence-electron chi connectivity index (χ3n) is 6.49. The van der Waals surface area contributed by atoms with Gasteiger partial charge in [0.15, 0.2) is 27.9 Å². The highest BCUT2D eigenvalue weighted by Crippen LogP contribution is 2.68. The second-order valence-electron chi connectivity index (χ2n) is 8.17. The number of anilines is 1. The molecule has 13 heteroatoms. The van der Waals surface area contributed by atoms with Gasteiger partial charge in [0.05, 0.1) is 22.4 Å². The number of carbonyl (C=O) groups excluding carboxylic acids is 1. The first-order chi connectivity index (χ1) is 16.2. The summed E-state index contributed by atoms with van der Waals surface area (Å²) in [6.45, 7) is 0. The molecule has 2 aliphatic rings. The lowest BCUT2D eigenvalue weighted by atomic mass is 9.98. The van der Waals surface area contributed by atoms with Crippen molar-refractivity contribution in [3.05, 3.63) is 33.8 Å². The molecule has 178 valence electrons. The van der Waals surface area contributed by atoms with Crippen molar-refractivity contribution in [1.29, 1.82) is 0 Å². The Labute approximate surface area is 195 Å². The first-order valence-electron chi connectivity index (χ1n) is 10.3. The van der Waals surface area contributed by atoms with Gasteiger partial charge < -0.3 is 25.4 Å². The van der Waals surface area contributed by atoms with E-state index in [9.17, 15) is 28.2 Å². The highest BCUT2D eigenvalue weighted by molar-refractivity contribution is 7.10. The predicted molar refractivity (Wildman–Crippen MR) is 116 cm³/mol. The largest absolute Gasteiger partial charge is 0.389 e. The molecule has 9 nitrogen and oxygen atoms in total. The molecule has 3 heterocycles. The highest BCUT2D eigenvalue weighted by atomic mass is 32.1. The quantitative estimate of drug-likeness (QED) is 0.406. The van der Waals surface area contributed by atoms with Gasteiger partial charge in [-0.05, 0) is 30.4 Å². The third-order valence-corrected chi connectivity index (χ3v) is 7.28. The minimum Gasteiger partial charge on any atom is -0.389 e. The fourth-order valence-electron chi connectivity index (χ4n) is 4.93. The number of aliphatic hydroxyl groups excluding tert-OH is 2. The van der Waals surface area contributed by atoms with Crippen LogP contribution in [0, 0.1) is 28.3 Å². The molecule has 3 aromatic rings. The first kappa shape index (κ1) is 22.6. The van der Waals surface area contributed by atoms with Crippen molar-refractivity contribution in [3.63, 3.8) is 0 Å². The highest BCUT2D eigenvalue weighted by Gasteiger charge is 2.75. The summed E-state index contributed by atoms with van der Waals surface area (Å²) in [5, 5.41) is 26.3. The van der Waals surface area contributed by atoms with E-state index in [4.69, 9.17) is 0 Å². The molecule has 0 spiro atoms. The number of halogens is 3. The Balaban J connectivity index is 1.68. The van der Waals surface area contributed by atoms with Crippen molar-refractivity contribution >= 4 is 34.2 Å². The molecule has 0 saturated heterocycles. The van der Waals surface area contributed by atoms with E-state index in [1.54, 1.807) is 0 Å². The van der Waals surface area contributed by atoms with Crippen LogP contribution in [0.1, 0.15) is 35.4 Å². The van der Waals surface area contributed by atoms with Crippen LogP contribution in [0.5, 0.6) is 0 Å². The SMILES string of the molecule is CNC(=O)C12CC1C(n1c(C(F)F)nc3c(NC)nc(C#Cc4ccc(F)s4)nc31)C(O)C2O. The molecule has 0 aromatic carbocycles. The van der Waals surface area contributed by atoms with Crippen LogP contribution in [0.3, 0.4) is 0 Å². The number of hydrogen-bond acceptors (Lipinski definition) is 8. The molecule has 5 atom stereocenters. The average molecular weight is 492 g/mol. The van der Waals surface area contributed by atoms with Gasteiger partial charge in [0, 0.05) is 20.0 Å². The zero-order valence-electron chi connectivity index (χ0n) is 17.9. The van der Waals surface area contributed by atoms with Crippen LogP contribution in [0.4, 0.5) is 19.0 Å². The number of nitrogens with one attached hydrogen (secondary N) is 2. The molecular weight excluding hydrogens is 473 g/mol. The molecule has 2 saturated carbocycles. The number of hydrogen-bond donors (Lipinski definition) is 4. The zero-order valence-corrected chi connectivity index (χ0v) is 18.7. The minimum atomic E-state index is -3.03. The zero-order chi connectivity index (χ0) is 24.4. The van der Waals surface area contributed by atoms with Crippen LogP contribution >= 0.6 is 11.3 Å². The first-order valence-corrected chi connectivity index (χ1v) is 11.2. The summed E-state index contributed by atoms with van der Waals surface area (Å²) in [5.74, 6) is 3.81. The summed E-state index contributed by atoms with van der Waals surface area (Å²) in [4.78, 5) is 25.5. The second kappa shape index (κ2) is 7.93. The van der Waals surface area contributed by atoms with E-state index in [2.05, 4.69) is 37.4 Å². The molecule has 5 rings (SSSR count). The summed E-state index contributed by atoms with van der Waals surface area (Å²) < 4.78 is 42.5. The molecule has 0 bridgehead atoms. The second-order valence-corrected chi connectivity index (χ2v) is 9.20. The average Bonchev–Trinajstić information content (AvgIpc) is 3.10. The molecule has 3 aromatic heterocycles. The molecule has 1 amide bonds. The number of aromatic nitrogens is 4. The fraction of sp³-hybridized carbons (Fsp3) is 0.429. The van der Waals surface area contributed by atoms with Crippen LogP contribution in [0.25, 0.3) is 11.2 Å². The van der Waals surface area contributed by atoms with Crippen molar-refractivity contribution < 1.29 is 28.2 Å². The Morgan fingerprint density at radius 1 is 1.26 bits per heavy atom. The van der Waals surface area contributed by atoms with Gasteiger partial charge in [-0.15, -0.1) is 0 Å². The minimum absolute atomic E-state index is 0.0211. The van der Waals surface area contributed by atoms with Crippen LogP contribution in [-0.2, 0) is 4.79 Å². The van der Waals surface area contributed by atoms with Crippen LogP contribution in [0.15, 0.2) is 12.1 Å². The maximum Gasteiger partial charge on any atom is 0.295 e. The maximum atomic E-state index is 14.1. The van der Waals surface area contributed by atoms with E-state index < -0.39 is 52.9 Å². The van der Waals surface area contributed by atoms with Crippen LogP contribution < -0.4 is 10.6 Å². The van der Waals surface area contributed by atoms with E-state index >= 15 is 0 Å². The van der Waals surface area contributed by atoms with E-state index in [1.807, 2.05) is 0 Å². The molecule has 5 unspecified atom stereocenters. The lowest BCUT2D eigenvalue weighted by molar-refractivity contribution is -0.132. The molecule has 2 fully saturated rings. The monoisotopic (exact) mass is 492 g/mol. The summed E-state index contributed by atoms with van der Waals surface area (Å²) >= 11 is 0.836. The number of rotatable bonds is 4. The summed E-state index contributed by atoms with van der Waals surface area (Å²) in [5.41, 5.74) is -1.25. The predicted octanol–water partition coefficient (Wildman–Crippen LogP) is 1.43. The van der Waals surface area contributed by atoms with Crippen LogP contribution in [0.2, 0.25) is 0 Å². The van der Waals surface area contributed by atoms with Crippen molar-refractivity contribution in [2.45, 2.75) is 31.1 Å². The van der Waals surface area contributed by atoms with Crippen LogP contribution in [-0.4, -0.2) is 61.9 Å². The Morgan fingerprint density at radius 2 is 2.03 bits per heavy atom. The Morgan fingerprint density at radius 3 is 2.65 bits per heavy atom. The smallest absolute Gasteiger partial charge is 0.295 e. The van der Waals surface area contributed by atoms with Crippen molar-refractivity contribution in [2.24, 2.45) is 11.3 Å². The van der Waals surface area contributed by atoms with Gasteiger partial charge in [-0.25, -0.2) is 23.7 Å². The Kier molecular flexibility index (Phi) is 5.27. The van der Waals surface area contributed by atoms with Crippen molar-refractivity contribution in [2.75, 3.05) is 19.4 Å². The molecule has 2 aliphatic carbocycles. The Hall–Kier alpha value is -3.21. The van der Waals surface area contributed by atoms with Gasteiger partial charge in [0.25, 0.3) is 6.43 Å². The van der Waals surface area contributed by atoms with E-state index in [0.717, 1.165) is 15.9 Å². The lowest BCUT2D eigenvalue weighted by Crippen LogP contribution is -2.41. The van der Waals surface area contributed by atoms with Gasteiger partial charge in [0.2, 0.25) is 11.7 Å². The summed E-state index contributed by atoms with van der Waals surface area (Å²) in [6, 6.07) is 1.70. The summed E-state index contributed by atoms with van der Waals surface area (Å²) in [6.07, 6.45) is -5.74. The van der Waals surface area contributed by atoms with Crippen molar-refractivity contribution in [3.8, 4) is 11.8 Å². The fourth-order valence-corrected chi connectivity index (χ4v) is 5.51. The lowest BCUT2D eigenvalue weighted by Gasteiger charge is -2.24. The molecule has 4 N–H and O–H groups in total. The number of imidazole rings is 1. The topological polar surface area (TPSA) is 125 Å². The maximum absolute atomic E-state index is 14.1. The number of fused-ring (bicyclic) bond motifs is 2.